The lowest BCUT2D eigenvalue weighted by Gasteiger charge is -2.34. The topological polar surface area (TPSA) is 63.6 Å². The van der Waals surface area contributed by atoms with Crippen LogP contribution in [0.2, 0.25) is 0 Å². The number of carboxylic acids is 1. The molecular weight excluding hydrogens is 208 g/mol. The van der Waals surface area contributed by atoms with Gasteiger partial charge in [0, 0.05) is 0 Å². The molecule has 2 saturated carbocycles. The van der Waals surface area contributed by atoms with E-state index in [0.29, 0.717) is 11.8 Å². The average molecular weight is 226 g/mol. The van der Waals surface area contributed by atoms with Crippen LogP contribution in [0.25, 0.3) is 0 Å². The molecule has 1 N–H and O–H groups in total. The maximum Gasteiger partial charge on any atom is 0.309 e. The van der Waals surface area contributed by atoms with Gasteiger partial charge in [0.05, 0.1) is 18.9 Å². The van der Waals surface area contributed by atoms with E-state index in [2.05, 4.69) is 13.8 Å². The van der Waals surface area contributed by atoms with Crippen LogP contribution in [0.5, 0.6) is 0 Å². The van der Waals surface area contributed by atoms with E-state index in [1.165, 1.54) is 7.11 Å². The maximum atomic E-state index is 11.7. The molecule has 0 aliphatic heterocycles. The summed E-state index contributed by atoms with van der Waals surface area (Å²) >= 11 is 0. The Labute approximate surface area is 95.0 Å². The molecule has 90 valence electrons. The van der Waals surface area contributed by atoms with E-state index in [9.17, 15) is 14.7 Å². The molecule has 16 heavy (non-hydrogen) atoms. The Bertz CT molecular complexity index is 325. The molecule has 0 saturated heterocycles. The molecule has 6 unspecified atom stereocenters. The Balaban J connectivity index is 2.30. The predicted octanol–water partition coefficient (Wildman–Crippen LogP) is 1.40. The second-order valence-corrected chi connectivity index (χ2v) is 5.19. The number of carbonyl (C=O) groups excluding carboxylic acids is 1. The highest BCUT2D eigenvalue weighted by Gasteiger charge is 2.60. The normalized spacial score (nSPS) is 45.7. The molecule has 0 radical (unpaired) electrons. The van der Waals surface area contributed by atoms with Gasteiger partial charge in [0.2, 0.25) is 0 Å². The third kappa shape index (κ3) is 1.35. The number of fused-ring (bicyclic) bond motifs is 2. The lowest BCUT2D eigenvalue weighted by atomic mass is 9.69. The molecule has 0 amide bonds. The predicted molar refractivity (Wildman–Crippen MR) is 56.6 cm³/mol. The van der Waals surface area contributed by atoms with E-state index in [1.807, 2.05) is 0 Å². The number of rotatable bonds is 2. The minimum absolute atomic E-state index is 0.140. The number of esters is 1. The summed E-state index contributed by atoms with van der Waals surface area (Å²) < 4.78 is 4.75. The Morgan fingerprint density at radius 1 is 1.12 bits per heavy atom. The largest absolute Gasteiger partial charge is 0.481 e. The van der Waals surface area contributed by atoms with Crippen molar-refractivity contribution < 1.29 is 19.4 Å². The smallest absolute Gasteiger partial charge is 0.309 e. The van der Waals surface area contributed by atoms with Gasteiger partial charge < -0.3 is 9.84 Å². The molecule has 0 heterocycles. The van der Waals surface area contributed by atoms with E-state index < -0.39 is 17.8 Å². The van der Waals surface area contributed by atoms with E-state index in [0.717, 1.165) is 6.42 Å². The summed E-state index contributed by atoms with van der Waals surface area (Å²) in [6.45, 7) is 4.21. The van der Waals surface area contributed by atoms with Gasteiger partial charge in [-0.15, -0.1) is 0 Å². The van der Waals surface area contributed by atoms with E-state index in [-0.39, 0.29) is 17.8 Å². The second-order valence-electron chi connectivity index (χ2n) is 5.19. The molecule has 2 aliphatic rings. The van der Waals surface area contributed by atoms with Crippen LogP contribution < -0.4 is 0 Å². The van der Waals surface area contributed by atoms with Crippen LogP contribution >= 0.6 is 0 Å². The van der Waals surface area contributed by atoms with Crippen molar-refractivity contribution in [2.45, 2.75) is 20.3 Å². The molecule has 0 spiro atoms. The standard InChI is InChI=1S/C12H18O4/c1-5-6(2)8-4-7(5)9(11(13)14)10(8)12(15)16-3/h5-10H,4H2,1-3H3,(H,13,14). The van der Waals surface area contributed by atoms with Crippen LogP contribution in [-0.2, 0) is 14.3 Å². The Kier molecular flexibility index (Phi) is 2.68. The quantitative estimate of drug-likeness (QED) is 0.723. The number of carbonyl (C=O) groups is 2. The first-order chi connectivity index (χ1) is 7.49. The maximum absolute atomic E-state index is 11.7. The summed E-state index contributed by atoms with van der Waals surface area (Å²) in [6, 6.07) is 0. The van der Waals surface area contributed by atoms with Crippen LogP contribution in [0, 0.1) is 35.5 Å². The van der Waals surface area contributed by atoms with Gasteiger partial charge in [0.15, 0.2) is 0 Å². The van der Waals surface area contributed by atoms with Crippen molar-refractivity contribution in [3.63, 3.8) is 0 Å². The third-order valence-electron chi connectivity index (χ3n) is 4.79. The number of hydrogen-bond acceptors (Lipinski definition) is 3. The number of hydrogen-bond donors (Lipinski definition) is 1. The summed E-state index contributed by atoms with van der Waals surface area (Å²) in [6.07, 6.45) is 0.860. The zero-order valence-corrected chi connectivity index (χ0v) is 9.84. The van der Waals surface area contributed by atoms with Gasteiger partial charge in [0.1, 0.15) is 0 Å². The number of carboxylic acid groups (broad SMARTS) is 1. The van der Waals surface area contributed by atoms with Gasteiger partial charge in [-0.25, -0.2) is 0 Å². The van der Waals surface area contributed by atoms with E-state index in [4.69, 9.17) is 4.74 Å². The fraction of sp³-hybridized carbons (Fsp3) is 0.833. The summed E-state index contributed by atoms with van der Waals surface area (Å²) in [4.78, 5) is 23.0. The van der Waals surface area contributed by atoms with Crippen molar-refractivity contribution in [1.82, 2.24) is 0 Å². The zero-order valence-electron chi connectivity index (χ0n) is 9.84. The monoisotopic (exact) mass is 226 g/mol. The molecule has 6 atom stereocenters. The molecule has 4 nitrogen and oxygen atoms in total. The van der Waals surface area contributed by atoms with Crippen molar-refractivity contribution in [3.05, 3.63) is 0 Å². The third-order valence-corrected chi connectivity index (χ3v) is 4.79. The lowest BCUT2D eigenvalue weighted by Crippen LogP contribution is -2.41. The molecule has 2 aliphatic carbocycles. The molecular formula is C12H18O4. The van der Waals surface area contributed by atoms with Crippen LogP contribution in [0.3, 0.4) is 0 Å². The number of ether oxygens (including phenoxy) is 1. The Hall–Kier alpha value is -1.06. The van der Waals surface area contributed by atoms with Crippen molar-refractivity contribution in [1.29, 1.82) is 0 Å². The first-order valence-electron chi connectivity index (χ1n) is 5.79. The van der Waals surface area contributed by atoms with Crippen molar-refractivity contribution in [2.75, 3.05) is 7.11 Å². The first-order valence-corrected chi connectivity index (χ1v) is 5.79. The van der Waals surface area contributed by atoms with Gasteiger partial charge in [-0.05, 0) is 30.1 Å². The first kappa shape index (κ1) is 11.4. The highest BCUT2D eigenvalue weighted by molar-refractivity contribution is 5.82. The minimum Gasteiger partial charge on any atom is -0.481 e. The van der Waals surface area contributed by atoms with Crippen molar-refractivity contribution >= 4 is 11.9 Å². The van der Waals surface area contributed by atoms with Crippen LogP contribution in [0.4, 0.5) is 0 Å². The Morgan fingerprint density at radius 3 is 2.06 bits per heavy atom. The molecule has 0 aromatic carbocycles. The summed E-state index contributed by atoms with van der Waals surface area (Å²) in [5.74, 6) is -1.02. The number of aliphatic carboxylic acids is 1. The molecule has 0 aromatic rings. The highest BCUT2D eigenvalue weighted by atomic mass is 16.5. The van der Waals surface area contributed by atoms with Gasteiger partial charge in [-0.1, -0.05) is 13.8 Å². The van der Waals surface area contributed by atoms with Gasteiger partial charge >= 0.3 is 11.9 Å². The van der Waals surface area contributed by atoms with E-state index in [1.54, 1.807) is 0 Å². The van der Waals surface area contributed by atoms with Crippen LogP contribution in [0.15, 0.2) is 0 Å². The fourth-order valence-corrected chi connectivity index (χ4v) is 3.80. The number of methoxy groups -OCH3 is 1. The van der Waals surface area contributed by atoms with E-state index >= 15 is 0 Å². The summed E-state index contributed by atoms with van der Waals surface area (Å²) in [5.41, 5.74) is 0. The van der Waals surface area contributed by atoms with Crippen molar-refractivity contribution in [2.24, 2.45) is 35.5 Å². The second kappa shape index (κ2) is 3.75. The van der Waals surface area contributed by atoms with Gasteiger partial charge in [-0.3, -0.25) is 9.59 Å². The summed E-state index contributed by atoms with van der Waals surface area (Å²) in [5, 5.41) is 9.25. The van der Waals surface area contributed by atoms with Gasteiger partial charge in [0.25, 0.3) is 0 Å². The fourth-order valence-electron chi connectivity index (χ4n) is 3.80. The molecule has 0 aromatic heterocycles. The van der Waals surface area contributed by atoms with Crippen LogP contribution in [-0.4, -0.2) is 24.2 Å². The Morgan fingerprint density at radius 2 is 1.62 bits per heavy atom. The molecule has 2 rings (SSSR count). The average Bonchev–Trinajstić information content (AvgIpc) is 2.76. The minimum atomic E-state index is -0.846. The molecule has 2 fully saturated rings. The molecule has 4 heteroatoms. The lowest BCUT2D eigenvalue weighted by molar-refractivity contribution is -0.160. The molecule has 2 bridgehead atoms. The van der Waals surface area contributed by atoms with Crippen molar-refractivity contribution in [3.8, 4) is 0 Å². The van der Waals surface area contributed by atoms with Crippen LogP contribution in [0.1, 0.15) is 20.3 Å². The zero-order chi connectivity index (χ0) is 12.0. The summed E-state index contributed by atoms with van der Waals surface area (Å²) in [7, 11) is 1.33. The highest BCUT2D eigenvalue weighted by Crippen LogP contribution is 2.58. The van der Waals surface area contributed by atoms with Gasteiger partial charge in [-0.2, -0.15) is 0 Å². The SMILES string of the molecule is COC(=O)C1C2CC(C(C)C2C)C1C(=O)O.